The van der Waals surface area contributed by atoms with Crippen LogP contribution in [0.5, 0.6) is 0 Å². The van der Waals surface area contributed by atoms with Crippen molar-refractivity contribution in [2.75, 3.05) is 13.1 Å². The van der Waals surface area contributed by atoms with Crippen LogP contribution in [0.1, 0.15) is 10.4 Å². The molecule has 3 rings (SSSR count). The molecule has 1 aliphatic rings. The second kappa shape index (κ2) is 3.20. The highest BCUT2D eigenvalue weighted by atomic mass is 16.2. The molecule has 0 aliphatic carbocycles. The molecule has 80 valence electrons. The number of aromatic amines is 1. The van der Waals surface area contributed by atoms with E-state index in [2.05, 4.69) is 4.98 Å². The number of carbonyl (C=O) groups excluding carboxylic acids is 2. The van der Waals surface area contributed by atoms with Crippen LogP contribution in [-0.2, 0) is 4.79 Å². The first kappa shape index (κ1) is 9.15. The van der Waals surface area contributed by atoms with Crippen molar-refractivity contribution in [1.82, 2.24) is 9.88 Å². The van der Waals surface area contributed by atoms with Crippen molar-refractivity contribution in [2.45, 2.75) is 0 Å². The standard InChI is InChI=1S/C12H10N2O2/c15-11(12(16)14-5-6-14)9-7-13-10-4-2-1-3-8(9)10/h1-4,7,13H,5-6H2. The normalized spacial score (nSPS) is 14.1. The van der Waals surface area contributed by atoms with Crippen molar-refractivity contribution in [3.05, 3.63) is 36.0 Å². The van der Waals surface area contributed by atoms with Gasteiger partial charge in [0.1, 0.15) is 0 Å². The van der Waals surface area contributed by atoms with Crippen LogP contribution < -0.4 is 0 Å². The quantitative estimate of drug-likeness (QED) is 0.464. The third kappa shape index (κ3) is 1.31. The summed E-state index contributed by atoms with van der Waals surface area (Å²) in [6.07, 6.45) is 1.61. The summed E-state index contributed by atoms with van der Waals surface area (Å²) >= 11 is 0. The minimum absolute atomic E-state index is 0.398. The summed E-state index contributed by atoms with van der Waals surface area (Å²) in [6, 6.07) is 7.47. The Balaban J connectivity index is 2.05. The Morgan fingerprint density at radius 3 is 2.69 bits per heavy atom. The molecule has 4 nitrogen and oxygen atoms in total. The van der Waals surface area contributed by atoms with Crippen LogP contribution in [-0.4, -0.2) is 34.7 Å². The zero-order valence-corrected chi connectivity index (χ0v) is 8.56. The molecule has 0 bridgehead atoms. The van der Waals surface area contributed by atoms with Gasteiger partial charge in [-0.05, 0) is 6.07 Å². The first-order valence-corrected chi connectivity index (χ1v) is 5.17. The minimum atomic E-state index is -0.421. The number of Topliss-reactive ketones (excluding diaryl/α,β-unsaturated/α-hetero) is 1. The number of nitrogens with one attached hydrogen (secondary N) is 1. The highest BCUT2D eigenvalue weighted by molar-refractivity contribution is 6.45. The molecule has 0 spiro atoms. The van der Waals surface area contributed by atoms with Gasteiger partial charge in [-0.3, -0.25) is 9.59 Å². The molecular weight excluding hydrogens is 204 g/mol. The van der Waals surface area contributed by atoms with Crippen molar-refractivity contribution in [3.63, 3.8) is 0 Å². The zero-order chi connectivity index (χ0) is 11.1. The molecule has 1 amide bonds. The Kier molecular flexibility index (Phi) is 1.83. The molecule has 2 heterocycles. The number of rotatable bonds is 2. The molecule has 0 unspecified atom stereocenters. The number of benzene rings is 1. The number of amides is 1. The minimum Gasteiger partial charge on any atom is -0.360 e. The third-order valence-electron chi connectivity index (χ3n) is 2.76. The average molecular weight is 214 g/mol. The van der Waals surface area contributed by atoms with Crippen LogP contribution >= 0.6 is 0 Å². The summed E-state index contributed by atoms with van der Waals surface area (Å²) in [5.74, 6) is -0.820. The smallest absolute Gasteiger partial charge is 0.295 e. The van der Waals surface area contributed by atoms with Crippen molar-refractivity contribution in [2.24, 2.45) is 0 Å². The molecule has 16 heavy (non-hydrogen) atoms. The van der Waals surface area contributed by atoms with E-state index in [1.807, 2.05) is 24.3 Å². The van der Waals surface area contributed by atoms with E-state index < -0.39 is 11.7 Å². The van der Waals surface area contributed by atoms with Gasteiger partial charge in [-0.25, -0.2) is 0 Å². The predicted molar refractivity (Wildman–Crippen MR) is 59.2 cm³/mol. The first-order valence-electron chi connectivity index (χ1n) is 5.17. The maximum absolute atomic E-state index is 11.9. The first-order chi connectivity index (χ1) is 7.77. The van der Waals surface area contributed by atoms with Crippen LogP contribution in [0.2, 0.25) is 0 Å². The van der Waals surface area contributed by atoms with Gasteiger partial charge in [0.05, 0.1) is 5.56 Å². The van der Waals surface area contributed by atoms with Crippen LogP contribution in [0.15, 0.2) is 30.5 Å². The van der Waals surface area contributed by atoms with Crippen LogP contribution in [0.4, 0.5) is 0 Å². The molecule has 0 saturated carbocycles. The van der Waals surface area contributed by atoms with Gasteiger partial charge in [-0.15, -0.1) is 0 Å². The van der Waals surface area contributed by atoms with Crippen LogP contribution in [0, 0.1) is 0 Å². The fourth-order valence-corrected chi connectivity index (χ4v) is 1.77. The molecule has 0 radical (unpaired) electrons. The summed E-state index contributed by atoms with van der Waals surface area (Å²) in [4.78, 5) is 28.0. The maximum atomic E-state index is 11.9. The van der Waals surface area contributed by atoms with Gasteiger partial charge in [0.15, 0.2) is 0 Å². The molecular formula is C12H10N2O2. The number of ketones is 1. The number of fused-ring (bicyclic) bond motifs is 1. The fourth-order valence-electron chi connectivity index (χ4n) is 1.77. The van der Waals surface area contributed by atoms with Crippen LogP contribution in [0.25, 0.3) is 10.9 Å². The lowest BCUT2D eigenvalue weighted by Gasteiger charge is -1.98. The Hall–Kier alpha value is -2.10. The summed E-state index contributed by atoms with van der Waals surface area (Å²) in [6.45, 7) is 1.40. The van der Waals surface area contributed by atoms with E-state index in [4.69, 9.17) is 0 Å². The van der Waals surface area contributed by atoms with Gasteiger partial charge in [-0.1, -0.05) is 18.2 Å². The largest absolute Gasteiger partial charge is 0.360 e. The predicted octanol–water partition coefficient (Wildman–Crippen LogP) is 1.19. The molecule has 1 aliphatic heterocycles. The second-order valence-corrected chi connectivity index (χ2v) is 3.87. The van der Waals surface area contributed by atoms with E-state index in [0.29, 0.717) is 18.7 Å². The zero-order valence-electron chi connectivity index (χ0n) is 8.56. The van der Waals surface area contributed by atoms with E-state index in [-0.39, 0.29) is 0 Å². The van der Waals surface area contributed by atoms with Gasteiger partial charge >= 0.3 is 0 Å². The van der Waals surface area contributed by atoms with Crippen molar-refractivity contribution in [1.29, 1.82) is 0 Å². The van der Waals surface area contributed by atoms with Gasteiger partial charge < -0.3 is 9.88 Å². The second-order valence-electron chi connectivity index (χ2n) is 3.87. The molecule has 1 aromatic heterocycles. The molecule has 4 heteroatoms. The van der Waals surface area contributed by atoms with E-state index in [1.165, 1.54) is 4.90 Å². The summed E-state index contributed by atoms with van der Waals surface area (Å²) in [5, 5.41) is 0.808. The molecule has 0 atom stereocenters. The number of nitrogens with zero attached hydrogens (tertiary/aromatic N) is 1. The summed E-state index contributed by atoms with van der Waals surface area (Å²) in [5.41, 5.74) is 1.34. The highest BCUT2D eigenvalue weighted by Crippen LogP contribution is 2.19. The van der Waals surface area contributed by atoms with Crippen molar-refractivity contribution >= 4 is 22.6 Å². The number of aromatic nitrogens is 1. The van der Waals surface area contributed by atoms with E-state index in [9.17, 15) is 9.59 Å². The fraction of sp³-hybridized carbons (Fsp3) is 0.167. The Bertz CT molecular complexity index is 581. The van der Waals surface area contributed by atoms with E-state index in [1.54, 1.807) is 6.20 Å². The molecule has 2 aromatic rings. The molecule has 1 saturated heterocycles. The summed E-state index contributed by atoms with van der Waals surface area (Å²) < 4.78 is 0. The molecule has 1 fully saturated rings. The number of para-hydroxylation sites is 1. The maximum Gasteiger partial charge on any atom is 0.295 e. The van der Waals surface area contributed by atoms with Crippen molar-refractivity contribution in [3.8, 4) is 0 Å². The topological polar surface area (TPSA) is 52.9 Å². The Morgan fingerprint density at radius 1 is 1.19 bits per heavy atom. The lowest BCUT2D eigenvalue weighted by Crippen LogP contribution is -2.21. The molecule has 1 aromatic carbocycles. The highest BCUT2D eigenvalue weighted by Gasteiger charge is 2.31. The monoisotopic (exact) mass is 214 g/mol. The number of carbonyl (C=O) groups is 2. The Morgan fingerprint density at radius 2 is 1.94 bits per heavy atom. The van der Waals surface area contributed by atoms with E-state index >= 15 is 0 Å². The Labute approximate surface area is 91.9 Å². The lowest BCUT2D eigenvalue weighted by atomic mass is 10.1. The van der Waals surface area contributed by atoms with Gasteiger partial charge in [0.25, 0.3) is 11.7 Å². The van der Waals surface area contributed by atoms with Gasteiger partial charge in [0, 0.05) is 30.2 Å². The lowest BCUT2D eigenvalue weighted by molar-refractivity contribution is -0.121. The third-order valence-corrected chi connectivity index (χ3v) is 2.76. The number of H-pyrrole nitrogens is 1. The summed E-state index contributed by atoms with van der Waals surface area (Å²) in [7, 11) is 0. The molecule has 1 N–H and O–H groups in total. The SMILES string of the molecule is O=C(C(=O)N1CC1)c1c[nH]c2ccccc12. The van der Waals surface area contributed by atoms with Gasteiger partial charge in [-0.2, -0.15) is 0 Å². The number of hydrogen-bond donors (Lipinski definition) is 1. The van der Waals surface area contributed by atoms with Crippen LogP contribution in [0.3, 0.4) is 0 Å². The average Bonchev–Trinajstić information content (AvgIpc) is 3.07. The van der Waals surface area contributed by atoms with Gasteiger partial charge in [0.2, 0.25) is 0 Å². The van der Waals surface area contributed by atoms with Crippen molar-refractivity contribution < 1.29 is 9.59 Å². The van der Waals surface area contributed by atoms with E-state index in [0.717, 1.165) is 10.9 Å². The number of hydrogen-bond acceptors (Lipinski definition) is 2.